The van der Waals surface area contributed by atoms with Crippen molar-refractivity contribution >= 4 is 29.3 Å². The van der Waals surface area contributed by atoms with E-state index in [0.29, 0.717) is 44.2 Å². The number of piperazine rings is 1. The maximum absolute atomic E-state index is 13.2. The number of nitrogens with zero attached hydrogens (tertiary/aromatic N) is 4. The van der Waals surface area contributed by atoms with Gasteiger partial charge in [-0.25, -0.2) is 4.98 Å². The van der Waals surface area contributed by atoms with Gasteiger partial charge in [-0.2, -0.15) is 0 Å². The molecular formula is C26H34N4O4. The van der Waals surface area contributed by atoms with Crippen molar-refractivity contribution in [3.05, 3.63) is 54.2 Å². The summed E-state index contributed by atoms with van der Waals surface area (Å²) in [5, 5.41) is 9.27. The molecule has 0 saturated carbocycles. The van der Waals surface area contributed by atoms with Crippen LogP contribution in [0.3, 0.4) is 0 Å². The van der Waals surface area contributed by atoms with E-state index in [1.54, 1.807) is 35.9 Å². The summed E-state index contributed by atoms with van der Waals surface area (Å²) in [5.74, 6) is -0.138. The molecule has 0 unspecified atom stereocenters. The zero-order chi connectivity index (χ0) is 24.9. The van der Waals surface area contributed by atoms with Gasteiger partial charge in [-0.1, -0.05) is 32.0 Å². The second-order valence-corrected chi connectivity index (χ2v) is 9.78. The molecule has 2 aromatic rings. The SMILES string of the molecule is CC(C)CN(C(=O)c1ccc(N2CCN(C(=O)CC(C)(C)C(=O)O)CC2)nc1)c1ccccc1. The van der Waals surface area contributed by atoms with Gasteiger partial charge in [0.25, 0.3) is 5.91 Å². The summed E-state index contributed by atoms with van der Waals surface area (Å²) in [7, 11) is 0. The van der Waals surface area contributed by atoms with Crippen molar-refractivity contribution in [3.8, 4) is 0 Å². The summed E-state index contributed by atoms with van der Waals surface area (Å²) in [6, 6.07) is 13.3. The number of pyridine rings is 1. The van der Waals surface area contributed by atoms with Crippen molar-refractivity contribution in [3.63, 3.8) is 0 Å². The highest BCUT2D eigenvalue weighted by molar-refractivity contribution is 6.06. The Kier molecular flexibility index (Phi) is 7.91. The van der Waals surface area contributed by atoms with Gasteiger partial charge in [0.05, 0.1) is 11.0 Å². The molecule has 1 fully saturated rings. The zero-order valence-corrected chi connectivity index (χ0v) is 20.4. The first kappa shape index (κ1) is 25.2. The Balaban J connectivity index is 1.63. The number of aromatic nitrogens is 1. The Bertz CT molecular complexity index is 997. The molecule has 1 aromatic carbocycles. The number of carboxylic acid groups (broad SMARTS) is 1. The Morgan fingerprint density at radius 2 is 1.68 bits per heavy atom. The smallest absolute Gasteiger partial charge is 0.309 e. The maximum atomic E-state index is 13.2. The lowest BCUT2D eigenvalue weighted by molar-refractivity contribution is -0.151. The molecule has 1 N–H and O–H groups in total. The van der Waals surface area contributed by atoms with Crippen LogP contribution in [0.5, 0.6) is 0 Å². The molecule has 0 bridgehead atoms. The van der Waals surface area contributed by atoms with Crippen molar-refractivity contribution in [2.24, 2.45) is 11.3 Å². The highest BCUT2D eigenvalue weighted by Gasteiger charge is 2.33. The molecule has 0 spiro atoms. The Morgan fingerprint density at radius 3 is 2.21 bits per heavy atom. The van der Waals surface area contributed by atoms with Crippen LogP contribution in [-0.2, 0) is 9.59 Å². The maximum Gasteiger partial charge on any atom is 0.309 e. The van der Waals surface area contributed by atoms with Crippen molar-refractivity contribution in [1.29, 1.82) is 0 Å². The van der Waals surface area contributed by atoms with Crippen LogP contribution in [0.15, 0.2) is 48.7 Å². The Hall–Kier alpha value is -3.42. The molecule has 2 amide bonds. The highest BCUT2D eigenvalue weighted by Crippen LogP contribution is 2.23. The highest BCUT2D eigenvalue weighted by atomic mass is 16.4. The molecule has 2 heterocycles. The first-order valence-electron chi connectivity index (χ1n) is 11.7. The van der Waals surface area contributed by atoms with Crippen LogP contribution in [0.2, 0.25) is 0 Å². The second kappa shape index (κ2) is 10.7. The van der Waals surface area contributed by atoms with Gasteiger partial charge in [0, 0.05) is 51.0 Å². The average molecular weight is 467 g/mol. The third-order valence-corrected chi connectivity index (χ3v) is 5.98. The number of rotatable bonds is 8. The van der Waals surface area contributed by atoms with E-state index >= 15 is 0 Å². The van der Waals surface area contributed by atoms with E-state index in [4.69, 9.17) is 0 Å². The molecule has 34 heavy (non-hydrogen) atoms. The van der Waals surface area contributed by atoms with Crippen LogP contribution in [0.1, 0.15) is 44.5 Å². The summed E-state index contributed by atoms with van der Waals surface area (Å²) in [4.78, 5) is 47.2. The number of carboxylic acids is 1. The number of anilines is 2. The fourth-order valence-corrected chi connectivity index (χ4v) is 3.88. The quantitative estimate of drug-likeness (QED) is 0.640. The Labute approximate surface area is 201 Å². The van der Waals surface area contributed by atoms with E-state index in [1.165, 1.54) is 0 Å². The number of aliphatic carboxylic acids is 1. The van der Waals surface area contributed by atoms with Gasteiger partial charge in [0.15, 0.2) is 0 Å². The van der Waals surface area contributed by atoms with Crippen LogP contribution >= 0.6 is 0 Å². The van der Waals surface area contributed by atoms with Crippen LogP contribution in [0.4, 0.5) is 11.5 Å². The number of hydrogen-bond acceptors (Lipinski definition) is 5. The summed E-state index contributed by atoms with van der Waals surface area (Å²) in [5.41, 5.74) is 0.302. The molecule has 1 aliphatic rings. The molecular weight excluding hydrogens is 432 g/mol. The molecule has 0 radical (unpaired) electrons. The van der Waals surface area contributed by atoms with Crippen molar-refractivity contribution < 1.29 is 19.5 Å². The van der Waals surface area contributed by atoms with Gasteiger partial charge >= 0.3 is 5.97 Å². The van der Waals surface area contributed by atoms with Crippen LogP contribution in [-0.4, -0.2) is 65.5 Å². The van der Waals surface area contributed by atoms with Crippen LogP contribution in [0.25, 0.3) is 0 Å². The average Bonchev–Trinajstić information content (AvgIpc) is 2.82. The van der Waals surface area contributed by atoms with E-state index in [0.717, 1.165) is 11.5 Å². The lowest BCUT2D eigenvalue weighted by Gasteiger charge is -2.36. The van der Waals surface area contributed by atoms with Gasteiger partial charge in [0.1, 0.15) is 5.82 Å². The number of carbonyl (C=O) groups is 3. The van der Waals surface area contributed by atoms with Crippen molar-refractivity contribution in [2.45, 2.75) is 34.1 Å². The third-order valence-electron chi connectivity index (χ3n) is 5.98. The van der Waals surface area contributed by atoms with Gasteiger partial charge in [-0.05, 0) is 44.0 Å². The number of benzene rings is 1. The summed E-state index contributed by atoms with van der Waals surface area (Å²) < 4.78 is 0. The second-order valence-electron chi connectivity index (χ2n) is 9.78. The molecule has 0 aliphatic carbocycles. The van der Waals surface area contributed by atoms with E-state index in [1.807, 2.05) is 36.4 Å². The molecule has 1 saturated heterocycles. The molecule has 8 heteroatoms. The number of carbonyl (C=O) groups excluding carboxylic acids is 2. The predicted molar refractivity (Wildman–Crippen MR) is 132 cm³/mol. The summed E-state index contributed by atoms with van der Waals surface area (Å²) in [6.45, 7) is 10.1. The minimum absolute atomic E-state index is 0.0221. The molecule has 8 nitrogen and oxygen atoms in total. The molecule has 3 rings (SSSR count). The van der Waals surface area contributed by atoms with Crippen LogP contribution < -0.4 is 9.80 Å². The van der Waals surface area contributed by atoms with E-state index in [9.17, 15) is 19.5 Å². The third kappa shape index (κ3) is 6.12. The zero-order valence-electron chi connectivity index (χ0n) is 20.4. The van der Waals surface area contributed by atoms with Gasteiger partial charge < -0.3 is 19.8 Å². The minimum atomic E-state index is -1.08. The van der Waals surface area contributed by atoms with Crippen LogP contribution in [0, 0.1) is 11.3 Å². The van der Waals surface area contributed by atoms with E-state index < -0.39 is 11.4 Å². The molecule has 182 valence electrons. The molecule has 1 aromatic heterocycles. The fourth-order valence-electron chi connectivity index (χ4n) is 3.88. The number of amides is 2. The predicted octanol–water partition coefficient (Wildman–Crippen LogP) is 3.53. The summed E-state index contributed by atoms with van der Waals surface area (Å²) >= 11 is 0. The molecule has 1 aliphatic heterocycles. The minimum Gasteiger partial charge on any atom is -0.481 e. The topological polar surface area (TPSA) is 94.1 Å². The van der Waals surface area contributed by atoms with E-state index in [2.05, 4.69) is 23.7 Å². The van der Waals surface area contributed by atoms with Crippen molar-refractivity contribution in [2.75, 3.05) is 42.5 Å². The first-order chi connectivity index (χ1) is 16.1. The van der Waals surface area contributed by atoms with Gasteiger partial charge in [-0.3, -0.25) is 14.4 Å². The Morgan fingerprint density at radius 1 is 1.03 bits per heavy atom. The van der Waals surface area contributed by atoms with Crippen molar-refractivity contribution in [1.82, 2.24) is 9.88 Å². The fraction of sp³-hybridized carbons (Fsp3) is 0.462. The standard InChI is InChI=1S/C26H34N4O4/c1-19(2)18-30(21-8-6-5-7-9-21)24(32)20-10-11-22(27-17-20)28-12-14-29(15-13-28)23(31)16-26(3,4)25(33)34/h5-11,17,19H,12-16,18H2,1-4H3,(H,33,34). The van der Waals surface area contributed by atoms with Gasteiger partial charge in [0.2, 0.25) is 5.91 Å². The lowest BCUT2D eigenvalue weighted by atomic mass is 9.89. The number of para-hydroxylation sites is 1. The first-order valence-corrected chi connectivity index (χ1v) is 11.7. The van der Waals surface area contributed by atoms with Gasteiger partial charge in [-0.15, -0.1) is 0 Å². The molecule has 0 atom stereocenters. The largest absolute Gasteiger partial charge is 0.481 e. The lowest BCUT2D eigenvalue weighted by Crippen LogP contribution is -2.50. The number of hydrogen-bond donors (Lipinski definition) is 1. The normalized spacial score (nSPS) is 14.3. The summed E-state index contributed by atoms with van der Waals surface area (Å²) in [6.07, 6.45) is 1.59. The van der Waals surface area contributed by atoms with E-state index in [-0.39, 0.29) is 18.2 Å². The monoisotopic (exact) mass is 466 g/mol.